The number of imidazole rings is 1. The number of nitrogens with zero attached hydrogens (tertiary/aromatic N) is 2. The average molecular weight is 397 g/mol. The summed E-state index contributed by atoms with van der Waals surface area (Å²) < 4.78 is 18.3. The van der Waals surface area contributed by atoms with Crippen LogP contribution in [0.25, 0.3) is 5.65 Å². The molecule has 0 bridgehead atoms. The van der Waals surface area contributed by atoms with Gasteiger partial charge >= 0.3 is 0 Å². The molecule has 3 aromatic rings. The Morgan fingerprint density at radius 3 is 2.69 bits per heavy atom. The molecule has 0 unspecified atom stereocenters. The third kappa shape index (κ3) is 5.88. The van der Waals surface area contributed by atoms with E-state index in [1.807, 2.05) is 60.1 Å². The van der Waals surface area contributed by atoms with Crippen LogP contribution in [0.1, 0.15) is 25.5 Å². The number of carbonyl (C=O) groups excluding carboxylic acids is 1. The second kappa shape index (κ2) is 10.4. The molecule has 1 N–H and O–H groups in total. The fourth-order valence-electron chi connectivity index (χ4n) is 2.94. The molecule has 1 aromatic carbocycles. The van der Waals surface area contributed by atoms with Crippen LogP contribution in [-0.4, -0.2) is 42.2 Å². The van der Waals surface area contributed by atoms with E-state index >= 15 is 0 Å². The molecular weight excluding hydrogens is 370 g/mol. The number of benzene rings is 1. The SMILES string of the molecule is CCOc1cccn2cc(CCNC(=O)CCCOc3ccc(OC)cc3)nc12. The topological polar surface area (TPSA) is 74.1 Å². The van der Waals surface area contributed by atoms with Crippen LogP contribution in [0.4, 0.5) is 0 Å². The summed E-state index contributed by atoms with van der Waals surface area (Å²) in [6, 6.07) is 11.2. The zero-order valence-electron chi connectivity index (χ0n) is 16.9. The van der Waals surface area contributed by atoms with Gasteiger partial charge in [-0.1, -0.05) is 0 Å². The number of pyridine rings is 1. The van der Waals surface area contributed by atoms with E-state index in [9.17, 15) is 4.79 Å². The zero-order chi connectivity index (χ0) is 20.5. The summed E-state index contributed by atoms with van der Waals surface area (Å²) in [7, 11) is 1.63. The molecule has 0 saturated carbocycles. The van der Waals surface area contributed by atoms with Gasteiger partial charge in [-0.2, -0.15) is 0 Å². The van der Waals surface area contributed by atoms with Gasteiger partial charge in [-0.25, -0.2) is 4.98 Å². The second-order valence-corrected chi connectivity index (χ2v) is 6.50. The summed E-state index contributed by atoms with van der Waals surface area (Å²) in [6.45, 7) is 3.59. The highest BCUT2D eigenvalue weighted by atomic mass is 16.5. The van der Waals surface area contributed by atoms with Crippen LogP contribution in [-0.2, 0) is 11.2 Å². The van der Waals surface area contributed by atoms with Crippen molar-refractivity contribution >= 4 is 11.6 Å². The minimum Gasteiger partial charge on any atom is -0.497 e. The fraction of sp³-hybridized carbons (Fsp3) is 0.364. The molecule has 7 nitrogen and oxygen atoms in total. The largest absolute Gasteiger partial charge is 0.497 e. The van der Waals surface area contributed by atoms with Gasteiger partial charge in [0.15, 0.2) is 11.4 Å². The number of fused-ring (bicyclic) bond motifs is 1. The Hall–Kier alpha value is -3.22. The van der Waals surface area contributed by atoms with Gasteiger partial charge < -0.3 is 23.9 Å². The third-order valence-electron chi connectivity index (χ3n) is 4.38. The van der Waals surface area contributed by atoms with Gasteiger partial charge in [0.05, 0.1) is 26.0 Å². The van der Waals surface area contributed by atoms with Crippen molar-refractivity contribution in [3.63, 3.8) is 0 Å². The fourth-order valence-corrected chi connectivity index (χ4v) is 2.94. The van der Waals surface area contributed by atoms with E-state index in [4.69, 9.17) is 14.2 Å². The van der Waals surface area contributed by atoms with Crippen molar-refractivity contribution in [1.82, 2.24) is 14.7 Å². The molecule has 0 fully saturated rings. The Morgan fingerprint density at radius 2 is 1.93 bits per heavy atom. The van der Waals surface area contributed by atoms with Gasteiger partial charge in [0.2, 0.25) is 5.91 Å². The maximum absolute atomic E-state index is 12.0. The molecule has 2 heterocycles. The molecule has 0 spiro atoms. The summed E-state index contributed by atoms with van der Waals surface area (Å²) in [5, 5.41) is 2.94. The number of rotatable bonds is 11. The van der Waals surface area contributed by atoms with E-state index < -0.39 is 0 Å². The van der Waals surface area contributed by atoms with Crippen molar-refractivity contribution in [1.29, 1.82) is 0 Å². The first kappa shape index (κ1) is 20.5. The number of aromatic nitrogens is 2. The van der Waals surface area contributed by atoms with Gasteiger partial charge in [-0.15, -0.1) is 0 Å². The van der Waals surface area contributed by atoms with Crippen LogP contribution >= 0.6 is 0 Å². The predicted molar refractivity (Wildman–Crippen MR) is 111 cm³/mol. The third-order valence-corrected chi connectivity index (χ3v) is 4.38. The molecule has 29 heavy (non-hydrogen) atoms. The number of methoxy groups -OCH3 is 1. The first-order valence-electron chi connectivity index (χ1n) is 9.82. The van der Waals surface area contributed by atoms with Gasteiger partial charge in [-0.05, 0) is 49.7 Å². The van der Waals surface area contributed by atoms with E-state index in [-0.39, 0.29) is 5.91 Å². The lowest BCUT2D eigenvalue weighted by atomic mass is 10.3. The number of hydrogen-bond acceptors (Lipinski definition) is 5. The molecule has 0 aliphatic carbocycles. The van der Waals surface area contributed by atoms with Crippen LogP contribution in [0.2, 0.25) is 0 Å². The molecule has 1 amide bonds. The summed E-state index contributed by atoms with van der Waals surface area (Å²) in [6.07, 6.45) is 5.66. The highest BCUT2D eigenvalue weighted by Gasteiger charge is 2.08. The molecule has 7 heteroatoms. The van der Waals surface area contributed by atoms with Crippen molar-refractivity contribution in [2.45, 2.75) is 26.2 Å². The van der Waals surface area contributed by atoms with Crippen molar-refractivity contribution in [2.24, 2.45) is 0 Å². The average Bonchev–Trinajstić information content (AvgIpc) is 3.16. The smallest absolute Gasteiger partial charge is 0.220 e. The first-order valence-corrected chi connectivity index (χ1v) is 9.82. The van der Waals surface area contributed by atoms with Gasteiger partial charge in [0, 0.05) is 31.8 Å². The number of ether oxygens (including phenoxy) is 3. The zero-order valence-corrected chi connectivity index (χ0v) is 16.9. The number of amides is 1. The Labute approximate surface area is 170 Å². The van der Waals surface area contributed by atoms with E-state index in [2.05, 4.69) is 10.3 Å². The maximum Gasteiger partial charge on any atom is 0.220 e. The van der Waals surface area contributed by atoms with E-state index in [1.165, 1.54) is 0 Å². The van der Waals surface area contributed by atoms with E-state index in [0.29, 0.717) is 39.0 Å². The second-order valence-electron chi connectivity index (χ2n) is 6.50. The predicted octanol–water partition coefficient (Wildman–Crippen LogP) is 3.26. The van der Waals surface area contributed by atoms with Crippen LogP contribution in [0, 0.1) is 0 Å². The number of nitrogens with one attached hydrogen (secondary N) is 1. The molecule has 0 aliphatic rings. The lowest BCUT2D eigenvalue weighted by Crippen LogP contribution is -2.25. The molecular formula is C22H27N3O4. The van der Waals surface area contributed by atoms with Crippen LogP contribution in [0.3, 0.4) is 0 Å². The molecule has 0 atom stereocenters. The maximum atomic E-state index is 12.0. The van der Waals surface area contributed by atoms with Gasteiger partial charge in [0.25, 0.3) is 0 Å². The Balaban J connectivity index is 1.36. The molecule has 3 rings (SSSR count). The molecule has 0 saturated heterocycles. The first-order chi connectivity index (χ1) is 14.2. The van der Waals surface area contributed by atoms with E-state index in [1.54, 1.807) is 7.11 Å². The lowest BCUT2D eigenvalue weighted by molar-refractivity contribution is -0.121. The van der Waals surface area contributed by atoms with Crippen molar-refractivity contribution in [3.05, 3.63) is 54.5 Å². The van der Waals surface area contributed by atoms with Crippen LogP contribution in [0.5, 0.6) is 17.2 Å². The van der Waals surface area contributed by atoms with Gasteiger partial charge in [-0.3, -0.25) is 4.79 Å². The molecule has 154 valence electrons. The van der Waals surface area contributed by atoms with Crippen LogP contribution < -0.4 is 19.5 Å². The molecule has 0 aliphatic heterocycles. The van der Waals surface area contributed by atoms with E-state index in [0.717, 1.165) is 28.6 Å². The summed E-state index contributed by atoms with van der Waals surface area (Å²) >= 11 is 0. The minimum atomic E-state index is 0.0158. The normalized spacial score (nSPS) is 10.7. The Morgan fingerprint density at radius 1 is 1.14 bits per heavy atom. The number of hydrogen-bond donors (Lipinski definition) is 1. The summed E-state index contributed by atoms with van der Waals surface area (Å²) in [4.78, 5) is 16.6. The highest BCUT2D eigenvalue weighted by Crippen LogP contribution is 2.19. The molecule has 0 radical (unpaired) electrons. The quantitative estimate of drug-likeness (QED) is 0.503. The van der Waals surface area contributed by atoms with Crippen LogP contribution in [0.15, 0.2) is 48.8 Å². The standard InChI is InChI=1S/C22H27N3O4/c1-3-28-20-6-4-14-25-16-17(24-22(20)25)12-13-23-21(26)7-5-15-29-19-10-8-18(27-2)9-11-19/h4,6,8-11,14,16H,3,5,7,12-13,15H2,1-2H3,(H,23,26). The summed E-state index contributed by atoms with van der Waals surface area (Å²) in [5.41, 5.74) is 1.71. The highest BCUT2D eigenvalue weighted by molar-refractivity contribution is 5.75. The van der Waals surface area contributed by atoms with Crippen molar-refractivity contribution in [3.8, 4) is 17.2 Å². The lowest BCUT2D eigenvalue weighted by Gasteiger charge is -2.07. The summed E-state index contributed by atoms with van der Waals surface area (Å²) in [5.74, 6) is 2.34. The number of carbonyl (C=O) groups is 1. The van der Waals surface area contributed by atoms with Crippen molar-refractivity contribution < 1.29 is 19.0 Å². The molecule has 2 aromatic heterocycles. The monoisotopic (exact) mass is 397 g/mol. The minimum absolute atomic E-state index is 0.0158. The van der Waals surface area contributed by atoms with Crippen molar-refractivity contribution in [2.75, 3.05) is 26.9 Å². The Kier molecular flexibility index (Phi) is 7.33. The van der Waals surface area contributed by atoms with Gasteiger partial charge in [0.1, 0.15) is 11.5 Å². The Bertz CT molecular complexity index is 921.